The van der Waals surface area contributed by atoms with Gasteiger partial charge in [-0.15, -0.1) is 0 Å². The van der Waals surface area contributed by atoms with Crippen molar-refractivity contribution >= 4 is 22.8 Å². The number of aryl methyl sites for hydroxylation is 1. The number of benzene rings is 2. The highest BCUT2D eigenvalue weighted by Crippen LogP contribution is 2.20. The number of hydrogen-bond donors (Lipinski definition) is 2. The van der Waals surface area contributed by atoms with Gasteiger partial charge in [0.2, 0.25) is 0 Å². The molecule has 0 saturated heterocycles. The Balaban J connectivity index is 1.41. The predicted octanol–water partition coefficient (Wildman–Crippen LogP) is 4.69. The van der Waals surface area contributed by atoms with Crippen LogP contribution in [-0.2, 0) is 20.7 Å². The van der Waals surface area contributed by atoms with Crippen molar-refractivity contribution in [1.82, 2.24) is 10.3 Å². The molecule has 5 heteroatoms. The van der Waals surface area contributed by atoms with Gasteiger partial charge in [0, 0.05) is 23.5 Å². The molecule has 0 aliphatic carbocycles. The molecular formula is C24H28N2O3. The Morgan fingerprint density at radius 3 is 2.62 bits per heavy atom. The Morgan fingerprint density at radius 1 is 1.07 bits per heavy atom. The third-order valence-corrected chi connectivity index (χ3v) is 4.98. The van der Waals surface area contributed by atoms with Crippen LogP contribution in [0.25, 0.3) is 10.9 Å². The molecule has 0 saturated carbocycles. The molecule has 2 N–H and O–H groups in total. The van der Waals surface area contributed by atoms with Crippen molar-refractivity contribution in [2.45, 2.75) is 45.1 Å². The first-order valence-corrected chi connectivity index (χ1v) is 10.2. The van der Waals surface area contributed by atoms with Crippen LogP contribution >= 0.6 is 0 Å². The van der Waals surface area contributed by atoms with Crippen LogP contribution < -0.4 is 5.32 Å². The second-order valence-electron chi connectivity index (χ2n) is 7.19. The molecule has 1 atom stereocenters. The molecule has 5 nitrogen and oxygen atoms in total. The maximum Gasteiger partial charge on any atom is 0.306 e. The first kappa shape index (κ1) is 20.6. The Labute approximate surface area is 171 Å². The zero-order valence-corrected chi connectivity index (χ0v) is 16.8. The van der Waals surface area contributed by atoms with E-state index in [0.29, 0.717) is 12.8 Å². The van der Waals surface area contributed by atoms with Crippen molar-refractivity contribution in [2.75, 3.05) is 6.61 Å². The van der Waals surface area contributed by atoms with Gasteiger partial charge in [0.25, 0.3) is 5.91 Å². The average Bonchev–Trinajstić information content (AvgIpc) is 3.16. The molecule has 1 heterocycles. The van der Waals surface area contributed by atoms with E-state index in [1.807, 2.05) is 54.7 Å². The number of nitrogens with one attached hydrogen (secondary N) is 2. The largest absolute Gasteiger partial charge is 0.456 e. The zero-order valence-electron chi connectivity index (χ0n) is 16.8. The molecule has 0 aliphatic heterocycles. The van der Waals surface area contributed by atoms with E-state index in [9.17, 15) is 9.59 Å². The number of aromatic amines is 1. The van der Waals surface area contributed by atoms with Gasteiger partial charge in [-0.3, -0.25) is 9.59 Å². The molecule has 0 spiro atoms. The summed E-state index contributed by atoms with van der Waals surface area (Å²) in [5, 5.41) is 4.15. The summed E-state index contributed by atoms with van der Waals surface area (Å²) in [4.78, 5) is 27.5. The van der Waals surface area contributed by atoms with E-state index in [-0.39, 0.29) is 24.5 Å². The number of rotatable bonds is 10. The highest BCUT2D eigenvalue weighted by molar-refractivity contribution is 5.83. The maximum absolute atomic E-state index is 12.2. The van der Waals surface area contributed by atoms with Crippen molar-refractivity contribution < 1.29 is 14.3 Å². The van der Waals surface area contributed by atoms with E-state index in [0.717, 1.165) is 30.3 Å². The van der Waals surface area contributed by atoms with E-state index in [2.05, 4.69) is 23.3 Å². The number of para-hydroxylation sites is 1. The van der Waals surface area contributed by atoms with Crippen molar-refractivity contribution in [1.29, 1.82) is 0 Å². The van der Waals surface area contributed by atoms with Crippen molar-refractivity contribution in [2.24, 2.45) is 0 Å². The minimum absolute atomic E-state index is 0.0609. The van der Waals surface area contributed by atoms with Crippen LogP contribution in [0.4, 0.5) is 0 Å². The van der Waals surface area contributed by atoms with Gasteiger partial charge in [0.15, 0.2) is 6.61 Å². The van der Waals surface area contributed by atoms with Gasteiger partial charge in [-0.25, -0.2) is 0 Å². The number of esters is 1. The lowest BCUT2D eigenvalue weighted by Crippen LogP contribution is -2.32. The van der Waals surface area contributed by atoms with Gasteiger partial charge in [-0.2, -0.15) is 0 Å². The van der Waals surface area contributed by atoms with Crippen LogP contribution in [0.3, 0.4) is 0 Å². The smallest absolute Gasteiger partial charge is 0.306 e. The molecule has 2 aromatic carbocycles. The Morgan fingerprint density at radius 2 is 1.83 bits per heavy atom. The lowest BCUT2D eigenvalue weighted by molar-refractivity contribution is -0.148. The SMILES string of the molecule is CCCC(NC(=O)COC(=O)CCCc1c[nH]c2ccccc12)c1ccccc1. The summed E-state index contributed by atoms with van der Waals surface area (Å²) < 4.78 is 5.17. The topological polar surface area (TPSA) is 71.2 Å². The van der Waals surface area contributed by atoms with Crippen LogP contribution in [-0.4, -0.2) is 23.5 Å². The third-order valence-electron chi connectivity index (χ3n) is 4.98. The minimum Gasteiger partial charge on any atom is -0.456 e. The number of carbonyl (C=O) groups is 2. The molecule has 0 fully saturated rings. The molecule has 0 radical (unpaired) electrons. The predicted molar refractivity (Wildman–Crippen MR) is 114 cm³/mol. The number of amides is 1. The van der Waals surface area contributed by atoms with Crippen LogP contribution in [0, 0.1) is 0 Å². The molecule has 1 unspecified atom stereocenters. The minimum atomic E-state index is -0.341. The fraction of sp³-hybridized carbons (Fsp3) is 0.333. The molecule has 0 aliphatic rings. The van der Waals surface area contributed by atoms with Crippen molar-refractivity contribution in [3.63, 3.8) is 0 Å². The first-order chi connectivity index (χ1) is 14.2. The van der Waals surface area contributed by atoms with Gasteiger partial charge in [0.05, 0.1) is 6.04 Å². The van der Waals surface area contributed by atoms with Gasteiger partial charge < -0.3 is 15.0 Å². The average molecular weight is 392 g/mol. The summed E-state index contributed by atoms with van der Waals surface area (Å²) in [5.41, 5.74) is 3.35. The van der Waals surface area contributed by atoms with E-state index >= 15 is 0 Å². The summed E-state index contributed by atoms with van der Waals surface area (Å²) in [6.07, 6.45) is 5.55. The Bertz CT molecular complexity index is 933. The number of aromatic nitrogens is 1. The Hall–Kier alpha value is -3.08. The Kier molecular flexibility index (Phi) is 7.45. The number of carbonyl (C=O) groups excluding carboxylic acids is 2. The monoisotopic (exact) mass is 392 g/mol. The van der Waals surface area contributed by atoms with Crippen molar-refractivity contribution in [3.05, 3.63) is 71.9 Å². The first-order valence-electron chi connectivity index (χ1n) is 10.2. The highest BCUT2D eigenvalue weighted by atomic mass is 16.5. The van der Waals surface area contributed by atoms with E-state index in [1.54, 1.807) is 0 Å². The second kappa shape index (κ2) is 10.5. The normalized spacial score (nSPS) is 11.9. The van der Waals surface area contributed by atoms with Crippen LogP contribution in [0.15, 0.2) is 60.8 Å². The van der Waals surface area contributed by atoms with Gasteiger partial charge in [-0.05, 0) is 36.5 Å². The molecule has 152 valence electrons. The number of ether oxygens (including phenoxy) is 1. The number of H-pyrrole nitrogens is 1. The molecular weight excluding hydrogens is 364 g/mol. The molecule has 1 aromatic heterocycles. The van der Waals surface area contributed by atoms with E-state index < -0.39 is 0 Å². The lowest BCUT2D eigenvalue weighted by atomic mass is 10.0. The summed E-state index contributed by atoms with van der Waals surface area (Å²) in [7, 11) is 0. The molecule has 0 bridgehead atoms. The molecule has 3 aromatic rings. The molecule has 3 rings (SSSR count). The fourth-order valence-electron chi connectivity index (χ4n) is 3.51. The summed E-state index contributed by atoms with van der Waals surface area (Å²) >= 11 is 0. The quantitative estimate of drug-likeness (QED) is 0.492. The van der Waals surface area contributed by atoms with Crippen LogP contribution in [0.1, 0.15) is 49.8 Å². The number of fused-ring (bicyclic) bond motifs is 1. The van der Waals surface area contributed by atoms with Crippen LogP contribution in [0.2, 0.25) is 0 Å². The van der Waals surface area contributed by atoms with E-state index in [4.69, 9.17) is 4.74 Å². The van der Waals surface area contributed by atoms with Gasteiger partial charge in [-0.1, -0.05) is 61.9 Å². The standard InChI is InChI=1S/C24H28N2O3/c1-2-9-21(18-10-4-3-5-11-18)26-23(27)17-29-24(28)15-8-12-19-16-25-22-14-7-6-13-20(19)22/h3-7,10-11,13-14,16,21,25H,2,8-9,12,15,17H2,1H3,(H,26,27). The van der Waals surface area contributed by atoms with Crippen LogP contribution in [0.5, 0.6) is 0 Å². The fourth-order valence-corrected chi connectivity index (χ4v) is 3.51. The molecule has 1 amide bonds. The molecule has 29 heavy (non-hydrogen) atoms. The number of hydrogen-bond acceptors (Lipinski definition) is 3. The van der Waals surface area contributed by atoms with Crippen molar-refractivity contribution in [3.8, 4) is 0 Å². The second-order valence-corrected chi connectivity index (χ2v) is 7.19. The maximum atomic E-state index is 12.2. The summed E-state index contributed by atoms with van der Waals surface area (Å²) in [5.74, 6) is -0.607. The van der Waals surface area contributed by atoms with Gasteiger partial charge in [0.1, 0.15) is 0 Å². The lowest BCUT2D eigenvalue weighted by Gasteiger charge is -2.18. The highest BCUT2D eigenvalue weighted by Gasteiger charge is 2.15. The third kappa shape index (κ3) is 5.95. The zero-order chi connectivity index (χ0) is 20.5. The summed E-state index contributed by atoms with van der Waals surface area (Å²) in [6.45, 7) is 1.84. The van der Waals surface area contributed by atoms with E-state index in [1.165, 1.54) is 10.9 Å². The summed E-state index contributed by atoms with van der Waals surface area (Å²) in [6, 6.07) is 17.9. The van der Waals surface area contributed by atoms with Gasteiger partial charge >= 0.3 is 5.97 Å².